The molecular formula is C16H20N2O3. The summed E-state index contributed by atoms with van der Waals surface area (Å²) in [4.78, 5) is 25.4. The zero-order valence-electron chi connectivity index (χ0n) is 12.0. The number of nitrogens with zero attached hydrogens (tertiary/aromatic N) is 1. The van der Waals surface area contributed by atoms with Crippen molar-refractivity contribution < 1.29 is 14.3 Å². The first kappa shape index (κ1) is 14.1. The summed E-state index contributed by atoms with van der Waals surface area (Å²) < 4.78 is 5.21. The van der Waals surface area contributed by atoms with Gasteiger partial charge in [-0.2, -0.15) is 0 Å². The summed E-state index contributed by atoms with van der Waals surface area (Å²) in [5.74, 6) is 0.245. The number of amides is 2. The van der Waals surface area contributed by atoms with Crippen LogP contribution in [0.1, 0.15) is 24.8 Å². The van der Waals surface area contributed by atoms with Crippen LogP contribution >= 0.6 is 0 Å². The highest BCUT2D eigenvalue weighted by molar-refractivity contribution is 5.95. The maximum Gasteiger partial charge on any atom is 0.227 e. The van der Waals surface area contributed by atoms with Crippen LogP contribution in [0.4, 0.5) is 5.69 Å². The van der Waals surface area contributed by atoms with Crippen molar-refractivity contribution >= 4 is 17.5 Å². The van der Waals surface area contributed by atoms with Crippen LogP contribution in [0.2, 0.25) is 0 Å². The Morgan fingerprint density at radius 1 is 1.33 bits per heavy atom. The lowest BCUT2D eigenvalue weighted by molar-refractivity contribution is -0.125. The quantitative estimate of drug-likeness (QED) is 0.912. The van der Waals surface area contributed by atoms with Crippen LogP contribution in [0, 0.1) is 5.92 Å². The molecule has 1 atom stereocenters. The first-order valence-corrected chi connectivity index (χ1v) is 7.49. The van der Waals surface area contributed by atoms with Crippen molar-refractivity contribution in [3.05, 3.63) is 29.8 Å². The number of carbonyl (C=O) groups excluding carboxylic acids is 2. The molecular weight excluding hydrogens is 268 g/mol. The van der Waals surface area contributed by atoms with Crippen molar-refractivity contribution in [2.24, 2.45) is 5.92 Å². The molecule has 2 heterocycles. The second-order valence-electron chi connectivity index (χ2n) is 5.59. The van der Waals surface area contributed by atoms with E-state index < -0.39 is 0 Å². The Morgan fingerprint density at radius 3 is 2.76 bits per heavy atom. The third-order valence-corrected chi connectivity index (χ3v) is 4.09. The van der Waals surface area contributed by atoms with Crippen LogP contribution in [0.25, 0.3) is 0 Å². The number of ether oxygens (including phenoxy) is 1. The lowest BCUT2D eigenvalue weighted by Gasteiger charge is -2.16. The Labute approximate surface area is 124 Å². The van der Waals surface area contributed by atoms with Gasteiger partial charge in [0.25, 0.3) is 0 Å². The molecule has 0 spiro atoms. The van der Waals surface area contributed by atoms with Crippen molar-refractivity contribution in [3.63, 3.8) is 0 Å². The minimum absolute atomic E-state index is 0.00788. The standard InChI is InChI=1S/C16H20N2O3/c19-15-2-1-8-18(15)14-5-3-12(4-6-14)10-17-16(20)13-7-9-21-11-13/h3-6,13H,1-2,7-11H2,(H,17,20). The SMILES string of the molecule is O=C(NCc1ccc(N2CCCC2=O)cc1)C1CCOC1. The van der Waals surface area contributed by atoms with Gasteiger partial charge in [-0.25, -0.2) is 0 Å². The van der Waals surface area contributed by atoms with Crippen molar-refractivity contribution in [1.82, 2.24) is 5.32 Å². The third kappa shape index (κ3) is 3.24. The minimum atomic E-state index is -0.00788. The molecule has 1 N–H and O–H groups in total. The average molecular weight is 288 g/mol. The van der Waals surface area contributed by atoms with E-state index in [0.717, 1.165) is 30.6 Å². The molecule has 0 bridgehead atoms. The van der Waals surface area contributed by atoms with Gasteiger partial charge in [0, 0.05) is 31.8 Å². The van der Waals surface area contributed by atoms with Crippen molar-refractivity contribution in [2.75, 3.05) is 24.7 Å². The highest BCUT2D eigenvalue weighted by atomic mass is 16.5. The molecule has 2 amide bonds. The molecule has 2 aliphatic heterocycles. The van der Waals surface area contributed by atoms with Crippen molar-refractivity contribution in [2.45, 2.75) is 25.8 Å². The van der Waals surface area contributed by atoms with E-state index in [1.165, 1.54) is 0 Å². The van der Waals surface area contributed by atoms with Crippen LogP contribution in [0.3, 0.4) is 0 Å². The van der Waals surface area contributed by atoms with E-state index in [1.54, 1.807) is 0 Å². The first-order valence-electron chi connectivity index (χ1n) is 7.49. The van der Waals surface area contributed by atoms with Crippen LogP contribution in [-0.4, -0.2) is 31.6 Å². The topological polar surface area (TPSA) is 58.6 Å². The molecule has 1 unspecified atom stereocenters. The normalized spacial score (nSPS) is 21.8. The second kappa shape index (κ2) is 6.26. The molecule has 0 aliphatic carbocycles. The summed E-state index contributed by atoms with van der Waals surface area (Å²) in [5, 5.41) is 2.94. The molecule has 112 valence electrons. The largest absolute Gasteiger partial charge is 0.381 e. The van der Waals surface area contributed by atoms with Crippen molar-refractivity contribution in [1.29, 1.82) is 0 Å². The van der Waals surface area contributed by atoms with Gasteiger partial charge in [-0.15, -0.1) is 0 Å². The van der Waals surface area contributed by atoms with E-state index in [4.69, 9.17) is 4.74 Å². The molecule has 3 rings (SSSR count). The summed E-state index contributed by atoms with van der Waals surface area (Å²) in [7, 11) is 0. The predicted molar refractivity (Wildman–Crippen MR) is 78.8 cm³/mol. The summed E-state index contributed by atoms with van der Waals surface area (Å²) in [6.45, 7) is 2.53. The molecule has 1 aromatic carbocycles. The summed E-state index contributed by atoms with van der Waals surface area (Å²) >= 11 is 0. The van der Waals surface area contributed by atoms with E-state index in [9.17, 15) is 9.59 Å². The Kier molecular flexibility index (Phi) is 4.20. The Morgan fingerprint density at radius 2 is 2.14 bits per heavy atom. The number of nitrogens with one attached hydrogen (secondary N) is 1. The van der Waals surface area contributed by atoms with E-state index >= 15 is 0 Å². The lowest BCUT2D eigenvalue weighted by atomic mass is 10.1. The number of anilines is 1. The average Bonchev–Trinajstić information content (AvgIpc) is 3.17. The molecule has 2 fully saturated rings. The maximum absolute atomic E-state index is 11.9. The number of benzene rings is 1. The molecule has 0 radical (unpaired) electrons. The second-order valence-corrected chi connectivity index (χ2v) is 5.59. The van der Waals surface area contributed by atoms with Crippen LogP contribution in [0.15, 0.2) is 24.3 Å². The Bertz CT molecular complexity index is 521. The zero-order valence-corrected chi connectivity index (χ0v) is 12.0. The van der Waals surface area contributed by atoms with Gasteiger partial charge in [-0.3, -0.25) is 9.59 Å². The van der Waals surface area contributed by atoms with Crippen molar-refractivity contribution in [3.8, 4) is 0 Å². The van der Waals surface area contributed by atoms with Gasteiger partial charge in [0.2, 0.25) is 11.8 Å². The van der Waals surface area contributed by atoms with Gasteiger partial charge in [0.15, 0.2) is 0 Å². The fourth-order valence-corrected chi connectivity index (χ4v) is 2.79. The van der Waals surface area contributed by atoms with Gasteiger partial charge < -0.3 is 15.0 Å². The highest BCUT2D eigenvalue weighted by Gasteiger charge is 2.23. The molecule has 1 aromatic rings. The molecule has 2 saturated heterocycles. The third-order valence-electron chi connectivity index (χ3n) is 4.09. The number of hydrogen-bond donors (Lipinski definition) is 1. The minimum Gasteiger partial charge on any atom is -0.381 e. The molecule has 2 aliphatic rings. The summed E-state index contributed by atoms with van der Waals surface area (Å²) in [6.07, 6.45) is 2.38. The van der Waals surface area contributed by atoms with Crippen LogP contribution < -0.4 is 10.2 Å². The zero-order chi connectivity index (χ0) is 14.7. The van der Waals surface area contributed by atoms with Gasteiger partial charge in [0.1, 0.15) is 0 Å². The first-order chi connectivity index (χ1) is 10.2. The number of rotatable bonds is 4. The highest BCUT2D eigenvalue weighted by Crippen LogP contribution is 2.21. The van der Waals surface area contributed by atoms with Gasteiger partial charge in [0.05, 0.1) is 12.5 Å². The summed E-state index contributed by atoms with van der Waals surface area (Å²) in [5.41, 5.74) is 1.98. The molecule has 5 nitrogen and oxygen atoms in total. The van der Waals surface area contributed by atoms with E-state index in [1.807, 2.05) is 29.2 Å². The van der Waals surface area contributed by atoms with E-state index in [2.05, 4.69) is 5.32 Å². The van der Waals surface area contributed by atoms with Crippen LogP contribution in [0.5, 0.6) is 0 Å². The molecule has 0 saturated carbocycles. The van der Waals surface area contributed by atoms with Gasteiger partial charge in [-0.1, -0.05) is 12.1 Å². The number of hydrogen-bond acceptors (Lipinski definition) is 3. The monoisotopic (exact) mass is 288 g/mol. The fourth-order valence-electron chi connectivity index (χ4n) is 2.79. The number of carbonyl (C=O) groups is 2. The Balaban J connectivity index is 1.54. The lowest BCUT2D eigenvalue weighted by Crippen LogP contribution is -2.30. The fraction of sp³-hybridized carbons (Fsp3) is 0.500. The van der Waals surface area contributed by atoms with E-state index in [-0.39, 0.29) is 17.7 Å². The smallest absolute Gasteiger partial charge is 0.227 e. The summed E-state index contributed by atoms with van der Waals surface area (Å²) in [6, 6.07) is 7.82. The maximum atomic E-state index is 11.9. The molecule has 5 heteroatoms. The van der Waals surface area contributed by atoms with E-state index in [0.29, 0.717) is 26.2 Å². The van der Waals surface area contributed by atoms with Gasteiger partial charge >= 0.3 is 0 Å². The molecule has 0 aromatic heterocycles. The predicted octanol–water partition coefficient (Wildman–Crippen LogP) is 1.47. The van der Waals surface area contributed by atoms with Gasteiger partial charge in [-0.05, 0) is 30.5 Å². The molecule has 21 heavy (non-hydrogen) atoms. The Hall–Kier alpha value is -1.88. The van der Waals surface area contributed by atoms with Crippen LogP contribution in [-0.2, 0) is 20.9 Å².